The molecule has 0 fully saturated rings. The number of hydrogen-bond donors (Lipinski definition) is 3. The molecule has 0 aromatic carbocycles. The third kappa shape index (κ3) is 6.72. The maximum absolute atomic E-state index is 11.3. The number of methoxy groups -OCH3 is 1. The van der Waals surface area contributed by atoms with E-state index >= 15 is 0 Å². The van der Waals surface area contributed by atoms with E-state index in [1.54, 1.807) is 0 Å². The highest BCUT2D eigenvalue weighted by atomic mass is 32.2. The topological polar surface area (TPSA) is 105 Å². The zero-order valence-electron chi connectivity index (χ0n) is 9.56. The van der Waals surface area contributed by atoms with Crippen molar-refractivity contribution < 1.29 is 23.1 Å². The Morgan fingerprint density at radius 3 is 2.25 bits per heavy atom. The van der Waals surface area contributed by atoms with Crippen LogP contribution in [0.3, 0.4) is 0 Å². The summed E-state index contributed by atoms with van der Waals surface area (Å²) >= 11 is 0. The van der Waals surface area contributed by atoms with Crippen LogP contribution < -0.4 is 9.44 Å². The number of nitrogens with one attached hydrogen (secondary N) is 2. The second kappa shape index (κ2) is 6.79. The van der Waals surface area contributed by atoms with Gasteiger partial charge in [0.2, 0.25) is 0 Å². The van der Waals surface area contributed by atoms with Crippen molar-refractivity contribution in [1.82, 2.24) is 9.44 Å². The van der Waals surface area contributed by atoms with Gasteiger partial charge in [0, 0.05) is 13.1 Å². The van der Waals surface area contributed by atoms with E-state index in [1.165, 1.54) is 0 Å². The first kappa shape index (κ1) is 15.3. The highest BCUT2D eigenvalue weighted by Crippen LogP contribution is 1.90. The van der Waals surface area contributed by atoms with Crippen LogP contribution in [0.4, 0.5) is 0 Å². The Morgan fingerprint density at radius 1 is 1.31 bits per heavy atom. The molecule has 1 unspecified atom stereocenters. The zero-order chi connectivity index (χ0) is 12.8. The number of esters is 1. The molecule has 0 aromatic heterocycles. The Bertz CT molecular complexity index is 314. The molecule has 0 saturated carbocycles. The monoisotopic (exact) mass is 254 g/mol. The summed E-state index contributed by atoms with van der Waals surface area (Å²) in [7, 11) is -2.57. The van der Waals surface area contributed by atoms with Gasteiger partial charge in [-0.05, 0) is 5.92 Å². The molecule has 8 heteroatoms. The molecular weight excluding hydrogens is 236 g/mol. The van der Waals surface area contributed by atoms with Crippen LogP contribution in [0.5, 0.6) is 0 Å². The fourth-order valence-corrected chi connectivity index (χ4v) is 1.77. The number of aliphatic hydroxyl groups excluding tert-OH is 1. The van der Waals surface area contributed by atoms with Crippen molar-refractivity contribution in [2.45, 2.75) is 20.0 Å². The molecule has 0 aliphatic carbocycles. The first-order valence-corrected chi connectivity index (χ1v) is 6.27. The number of hydrogen-bond acceptors (Lipinski definition) is 5. The minimum atomic E-state index is -3.68. The molecule has 0 amide bonds. The second-order valence-electron chi connectivity index (χ2n) is 3.63. The molecule has 0 aromatic rings. The smallest absolute Gasteiger partial charge is 0.336 e. The van der Waals surface area contributed by atoms with E-state index in [9.17, 15) is 13.2 Å². The van der Waals surface area contributed by atoms with Gasteiger partial charge in [0.15, 0.2) is 6.10 Å². The van der Waals surface area contributed by atoms with Crippen molar-refractivity contribution in [3.05, 3.63) is 0 Å². The molecule has 0 heterocycles. The lowest BCUT2D eigenvalue weighted by Gasteiger charge is -2.12. The third-order valence-electron chi connectivity index (χ3n) is 1.62. The van der Waals surface area contributed by atoms with Gasteiger partial charge in [-0.2, -0.15) is 13.1 Å². The van der Waals surface area contributed by atoms with Gasteiger partial charge in [0.1, 0.15) is 0 Å². The predicted molar refractivity (Wildman–Crippen MR) is 57.8 cm³/mol. The minimum Gasteiger partial charge on any atom is -0.467 e. The van der Waals surface area contributed by atoms with Crippen LogP contribution in [-0.4, -0.2) is 45.8 Å². The molecule has 0 aliphatic heterocycles. The summed E-state index contributed by atoms with van der Waals surface area (Å²) in [5, 5.41) is 9.13. The third-order valence-corrected chi connectivity index (χ3v) is 2.71. The largest absolute Gasteiger partial charge is 0.467 e. The summed E-state index contributed by atoms with van der Waals surface area (Å²) in [6.45, 7) is 3.57. The van der Waals surface area contributed by atoms with E-state index in [1.807, 2.05) is 18.6 Å². The first-order valence-electron chi connectivity index (χ1n) is 4.78. The minimum absolute atomic E-state index is 0.169. The van der Waals surface area contributed by atoms with Crippen molar-refractivity contribution in [1.29, 1.82) is 0 Å². The molecule has 0 bridgehead atoms. The Morgan fingerprint density at radius 2 is 1.81 bits per heavy atom. The molecule has 0 spiro atoms. The molecule has 0 saturated heterocycles. The molecule has 16 heavy (non-hydrogen) atoms. The summed E-state index contributed by atoms with van der Waals surface area (Å²) < 4.78 is 31.1. The lowest BCUT2D eigenvalue weighted by Crippen LogP contribution is -2.43. The maximum Gasteiger partial charge on any atom is 0.336 e. The predicted octanol–water partition coefficient (Wildman–Crippen LogP) is -1.40. The summed E-state index contributed by atoms with van der Waals surface area (Å²) in [6.07, 6.45) is -1.50. The van der Waals surface area contributed by atoms with Gasteiger partial charge in [0.05, 0.1) is 7.11 Å². The van der Waals surface area contributed by atoms with Gasteiger partial charge >= 0.3 is 5.97 Å². The molecule has 3 N–H and O–H groups in total. The average Bonchev–Trinajstić information content (AvgIpc) is 2.22. The highest BCUT2D eigenvalue weighted by Gasteiger charge is 2.18. The van der Waals surface area contributed by atoms with E-state index in [0.29, 0.717) is 0 Å². The molecule has 96 valence electrons. The van der Waals surface area contributed by atoms with Crippen LogP contribution in [0.2, 0.25) is 0 Å². The summed E-state index contributed by atoms with van der Waals surface area (Å²) in [5.41, 5.74) is 0. The molecule has 0 aliphatic rings. The molecule has 1 atom stereocenters. The molecular formula is C8H18N2O5S. The second-order valence-corrected chi connectivity index (χ2v) is 5.22. The normalized spacial score (nSPS) is 13.8. The first-order chi connectivity index (χ1) is 7.28. The van der Waals surface area contributed by atoms with Gasteiger partial charge in [-0.1, -0.05) is 13.8 Å². The standard InChI is InChI=1S/C8H18N2O5S/c1-6(2)4-9-16(13,14)10-5-7(11)8(12)15-3/h6-7,9-11H,4-5H2,1-3H3. The Hall–Kier alpha value is -0.700. The lowest BCUT2D eigenvalue weighted by molar-refractivity contribution is -0.149. The van der Waals surface area contributed by atoms with Crippen molar-refractivity contribution in [2.75, 3.05) is 20.2 Å². The quantitative estimate of drug-likeness (QED) is 0.485. The van der Waals surface area contributed by atoms with Gasteiger partial charge in [0.25, 0.3) is 10.2 Å². The van der Waals surface area contributed by atoms with Gasteiger partial charge < -0.3 is 9.84 Å². The maximum atomic E-state index is 11.3. The van der Waals surface area contributed by atoms with Crippen LogP contribution in [0.1, 0.15) is 13.8 Å². The van der Waals surface area contributed by atoms with Crippen molar-refractivity contribution in [3.63, 3.8) is 0 Å². The number of carbonyl (C=O) groups excluding carboxylic acids is 1. The summed E-state index contributed by atoms with van der Waals surface area (Å²) in [5.74, 6) is -0.714. The Labute approximate surface area is 95.4 Å². The van der Waals surface area contributed by atoms with Gasteiger partial charge in [-0.25, -0.2) is 9.52 Å². The Balaban J connectivity index is 4.04. The highest BCUT2D eigenvalue weighted by molar-refractivity contribution is 7.87. The van der Waals surface area contributed by atoms with Crippen LogP contribution in [0.25, 0.3) is 0 Å². The van der Waals surface area contributed by atoms with Crippen LogP contribution in [0.15, 0.2) is 0 Å². The van der Waals surface area contributed by atoms with Crippen molar-refractivity contribution in [3.8, 4) is 0 Å². The van der Waals surface area contributed by atoms with Crippen LogP contribution >= 0.6 is 0 Å². The fourth-order valence-electron chi connectivity index (χ4n) is 0.735. The zero-order valence-corrected chi connectivity index (χ0v) is 10.4. The number of aliphatic hydroxyl groups is 1. The Kier molecular flexibility index (Phi) is 6.49. The summed E-state index contributed by atoms with van der Waals surface area (Å²) in [4.78, 5) is 10.8. The van der Waals surface area contributed by atoms with E-state index in [2.05, 4.69) is 9.46 Å². The molecule has 0 rings (SSSR count). The van der Waals surface area contributed by atoms with Crippen molar-refractivity contribution >= 4 is 16.2 Å². The number of rotatable bonds is 7. The summed E-state index contributed by atoms with van der Waals surface area (Å²) in [6, 6.07) is 0. The molecule has 0 radical (unpaired) electrons. The van der Waals surface area contributed by atoms with Crippen LogP contribution in [0, 0.1) is 5.92 Å². The van der Waals surface area contributed by atoms with E-state index in [0.717, 1.165) is 7.11 Å². The van der Waals surface area contributed by atoms with E-state index < -0.39 is 28.8 Å². The fraction of sp³-hybridized carbons (Fsp3) is 0.875. The number of carbonyl (C=O) groups is 1. The van der Waals surface area contributed by atoms with Gasteiger partial charge in [-0.15, -0.1) is 0 Å². The average molecular weight is 254 g/mol. The number of ether oxygens (including phenoxy) is 1. The van der Waals surface area contributed by atoms with E-state index in [-0.39, 0.29) is 12.5 Å². The van der Waals surface area contributed by atoms with Gasteiger partial charge in [-0.3, -0.25) is 0 Å². The van der Waals surface area contributed by atoms with Crippen LogP contribution in [-0.2, 0) is 19.7 Å². The SMILES string of the molecule is COC(=O)C(O)CNS(=O)(=O)NCC(C)C. The lowest BCUT2D eigenvalue weighted by atomic mass is 10.2. The molecule has 7 nitrogen and oxygen atoms in total. The van der Waals surface area contributed by atoms with Crippen molar-refractivity contribution in [2.24, 2.45) is 5.92 Å². The van der Waals surface area contributed by atoms with E-state index in [4.69, 9.17) is 5.11 Å².